The summed E-state index contributed by atoms with van der Waals surface area (Å²) < 4.78 is 5.83. The van der Waals surface area contributed by atoms with Crippen LogP contribution < -0.4 is 10.2 Å². The van der Waals surface area contributed by atoms with E-state index in [1.807, 2.05) is 105 Å². The molecule has 0 spiro atoms. The molecule has 258 valence electrons. The third-order valence-electron chi connectivity index (χ3n) is 11.3. The van der Waals surface area contributed by atoms with Crippen LogP contribution in [0.25, 0.3) is 0 Å². The number of nitrogens with one attached hydrogen (secondary N) is 1. The van der Waals surface area contributed by atoms with Gasteiger partial charge in [-0.25, -0.2) is 0 Å². The number of nitrogens with zero attached hydrogens (tertiary/aromatic N) is 2. The second-order valence-electron chi connectivity index (χ2n) is 14.0. The van der Waals surface area contributed by atoms with Gasteiger partial charge in [-0.3, -0.25) is 29.5 Å². The molecule has 9 heteroatoms. The van der Waals surface area contributed by atoms with Crippen molar-refractivity contribution in [2.75, 3.05) is 12.0 Å². The maximum Gasteiger partial charge on any atom is 0.260 e. The second-order valence-corrected chi connectivity index (χ2v) is 14.0. The number of carbonyl (C=O) groups is 4. The number of likely N-dealkylation sites (tertiary alicyclic amines) is 1. The molecule has 2 saturated heterocycles. The number of ether oxygens (including phenoxy) is 1. The van der Waals surface area contributed by atoms with Crippen LogP contribution in [-0.2, 0) is 31.1 Å². The summed E-state index contributed by atoms with van der Waals surface area (Å²) in [5.41, 5.74) is 6.42. The van der Waals surface area contributed by atoms with Crippen molar-refractivity contribution in [2.24, 2.45) is 23.7 Å². The number of aryl methyl sites for hydroxylation is 1. The number of aromatic hydroxyl groups is 1. The number of allylic oxidation sites excluding steroid dienone is 2. The average Bonchev–Trinajstić information content (AvgIpc) is 3.51. The fraction of sp³-hybridized carbons (Fsp3) is 0.286. The van der Waals surface area contributed by atoms with Gasteiger partial charge in [0.05, 0.1) is 42.0 Å². The number of fused-ring (bicyclic) bond motifs is 4. The molecule has 4 aliphatic rings. The minimum Gasteiger partial charge on any atom is -0.504 e. The van der Waals surface area contributed by atoms with E-state index in [0.29, 0.717) is 29.8 Å². The average molecular weight is 682 g/mol. The zero-order valence-corrected chi connectivity index (χ0v) is 28.5. The molecule has 0 aromatic heterocycles. The molecule has 2 N–H and O–H groups in total. The van der Waals surface area contributed by atoms with Crippen LogP contribution in [0.15, 0.2) is 115 Å². The third-order valence-corrected chi connectivity index (χ3v) is 11.3. The summed E-state index contributed by atoms with van der Waals surface area (Å²) in [6, 6.07) is 31.4. The van der Waals surface area contributed by atoms with E-state index < -0.39 is 46.8 Å². The van der Waals surface area contributed by atoms with E-state index in [4.69, 9.17) is 4.74 Å². The molecular formula is C42H39N3O6. The van der Waals surface area contributed by atoms with Crippen LogP contribution >= 0.6 is 0 Å². The van der Waals surface area contributed by atoms with E-state index in [1.165, 1.54) is 4.90 Å². The lowest BCUT2D eigenvalue weighted by molar-refractivity contribution is -0.142. The highest BCUT2D eigenvalue weighted by atomic mass is 16.5. The van der Waals surface area contributed by atoms with Gasteiger partial charge in [0.25, 0.3) is 11.8 Å². The first kappa shape index (κ1) is 32.5. The molecule has 8 rings (SSSR count). The maximum absolute atomic E-state index is 15.3. The largest absolute Gasteiger partial charge is 0.504 e. The smallest absolute Gasteiger partial charge is 0.260 e. The lowest BCUT2D eigenvalue weighted by atomic mass is 9.49. The Morgan fingerprint density at radius 3 is 2.25 bits per heavy atom. The van der Waals surface area contributed by atoms with Crippen molar-refractivity contribution >= 4 is 29.3 Å². The molecule has 6 atom stereocenters. The fourth-order valence-corrected chi connectivity index (χ4v) is 9.09. The van der Waals surface area contributed by atoms with Gasteiger partial charge in [-0.1, -0.05) is 96.1 Å². The van der Waals surface area contributed by atoms with Crippen LogP contribution in [-0.4, -0.2) is 45.3 Å². The van der Waals surface area contributed by atoms with Crippen LogP contribution in [0.3, 0.4) is 0 Å². The van der Waals surface area contributed by atoms with E-state index in [0.717, 1.165) is 21.7 Å². The molecule has 2 aliphatic carbocycles. The number of hydrogen-bond acceptors (Lipinski definition) is 7. The first-order chi connectivity index (χ1) is 24.7. The van der Waals surface area contributed by atoms with Gasteiger partial charge in [-0.05, 0) is 73.6 Å². The summed E-state index contributed by atoms with van der Waals surface area (Å²) >= 11 is 0. The van der Waals surface area contributed by atoms with Crippen LogP contribution in [0, 0.1) is 30.6 Å². The van der Waals surface area contributed by atoms with Crippen molar-refractivity contribution in [1.82, 2.24) is 9.91 Å². The topological polar surface area (TPSA) is 116 Å². The highest BCUT2D eigenvalue weighted by molar-refractivity contribution is 6.13. The van der Waals surface area contributed by atoms with E-state index in [2.05, 4.69) is 5.43 Å². The molecule has 0 unspecified atom stereocenters. The molecule has 9 nitrogen and oxygen atoms in total. The fourth-order valence-electron chi connectivity index (χ4n) is 9.09. The minimum atomic E-state index is -1.40. The first-order valence-corrected chi connectivity index (χ1v) is 17.6. The predicted molar refractivity (Wildman–Crippen MR) is 190 cm³/mol. The van der Waals surface area contributed by atoms with Crippen molar-refractivity contribution in [3.8, 4) is 11.5 Å². The standard InChI is InChI=1S/C42H39N3O6/c1-3-51-35-22-27(16-21-34(35)46)37-30-19-20-31-36(40(49)44(38(31)47)24-26-10-6-4-7-11-26)32(30)23-33-39(48)45(43-29-17-14-25(2)15-18-29)41(50)42(33,37)28-12-8-5-9-13-28/h4-19,21-22,31-33,36-37,43,46H,3,20,23-24H2,1-2H3/t31-,32+,33-,36-,37-,42+/m0/s1. The van der Waals surface area contributed by atoms with Crippen molar-refractivity contribution < 1.29 is 29.0 Å². The molecule has 0 radical (unpaired) electrons. The zero-order chi connectivity index (χ0) is 35.4. The van der Waals surface area contributed by atoms with Crippen molar-refractivity contribution in [1.29, 1.82) is 0 Å². The summed E-state index contributed by atoms with van der Waals surface area (Å²) in [6.07, 6.45) is 2.58. The Morgan fingerprint density at radius 2 is 1.55 bits per heavy atom. The van der Waals surface area contributed by atoms with Gasteiger partial charge in [0.1, 0.15) is 0 Å². The Labute approximate surface area is 296 Å². The Balaban J connectivity index is 1.30. The summed E-state index contributed by atoms with van der Waals surface area (Å²) in [5, 5.41) is 11.9. The number of hydrazine groups is 1. The maximum atomic E-state index is 15.3. The van der Waals surface area contributed by atoms with Crippen LogP contribution in [0.2, 0.25) is 0 Å². The SMILES string of the molecule is CCOc1cc([C@H]2C3=CC[C@@H]4C(=O)N(Cc5ccccc5)C(=O)[C@@H]4[C@@H]3C[C@H]3C(=O)N(Nc4ccc(C)cc4)C(=O)[C@@]23c2ccccc2)ccc1O. The molecule has 1 saturated carbocycles. The highest BCUT2D eigenvalue weighted by Crippen LogP contribution is 2.64. The van der Waals surface area contributed by atoms with Gasteiger partial charge < -0.3 is 9.84 Å². The minimum absolute atomic E-state index is 0.0411. The number of benzene rings is 4. The van der Waals surface area contributed by atoms with Crippen molar-refractivity contribution in [3.05, 3.63) is 137 Å². The van der Waals surface area contributed by atoms with Gasteiger partial charge >= 0.3 is 0 Å². The molecule has 2 heterocycles. The first-order valence-electron chi connectivity index (χ1n) is 17.6. The molecule has 2 aliphatic heterocycles. The Morgan fingerprint density at radius 1 is 0.843 bits per heavy atom. The molecular weight excluding hydrogens is 642 g/mol. The van der Waals surface area contributed by atoms with Gasteiger partial charge in [-0.2, -0.15) is 5.01 Å². The van der Waals surface area contributed by atoms with Crippen LogP contribution in [0.1, 0.15) is 47.9 Å². The van der Waals surface area contributed by atoms with Gasteiger partial charge in [0, 0.05) is 5.92 Å². The summed E-state index contributed by atoms with van der Waals surface area (Å²) in [7, 11) is 0. The summed E-state index contributed by atoms with van der Waals surface area (Å²) in [4.78, 5) is 59.8. The van der Waals surface area contributed by atoms with Gasteiger partial charge in [0.2, 0.25) is 11.8 Å². The number of phenolic OH excluding ortho intramolecular Hbond substituents is 1. The number of rotatable bonds is 8. The lowest BCUT2D eigenvalue weighted by Crippen LogP contribution is -2.53. The number of hydrogen-bond donors (Lipinski definition) is 2. The normalized spacial score (nSPS) is 26.8. The van der Waals surface area contributed by atoms with Gasteiger partial charge in [-0.15, -0.1) is 0 Å². The highest BCUT2D eigenvalue weighted by Gasteiger charge is 2.70. The molecule has 4 aromatic carbocycles. The Kier molecular flexibility index (Phi) is 8.01. The Bertz CT molecular complexity index is 2060. The number of phenols is 1. The molecule has 4 amide bonds. The van der Waals surface area contributed by atoms with E-state index in [9.17, 15) is 19.5 Å². The number of amides is 4. The van der Waals surface area contributed by atoms with Crippen LogP contribution in [0.5, 0.6) is 11.5 Å². The van der Waals surface area contributed by atoms with E-state index in [-0.39, 0.29) is 36.3 Å². The monoisotopic (exact) mass is 681 g/mol. The van der Waals surface area contributed by atoms with Crippen molar-refractivity contribution in [3.63, 3.8) is 0 Å². The number of carbonyl (C=O) groups excluding carboxylic acids is 4. The van der Waals surface area contributed by atoms with E-state index in [1.54, 1.807) is 18.2 Å². The number of anilines is 1. The molecule has 3 fully saturated rings. The van der Waals surface area contributed by atoms with E-state index >= 15 is 4.79 Å². The molecule has 4 aromatic rings. The summed E-state index contributed by atoms with van der Waals surface area (Å²) in [5.74, 6) is -4.33. The summed E-state index contributed by atoms with van der Waals surface area (Å²) in [6.45, 7) is 4.27. The zero-order valence-electron chi connectivity index (χ0n) is 28.5. The second kappa shape index (κ2) is 12.6. The predicted octanol–water partition coefficient (Wildman–Crippen LogP) is 6.28. The lowest BCUT2D eigenvalue weighted by Gasteiger charge is -2.50. The molecule has 51 heavy (non-hydrogen) atoms. The van der Waals surface area contributed by atoms with Gasteiger partial charge in [0.15, 0.2) is 11.5 Å². The van der Waals surface area contributed by atoms with Crippen molar-refractivity contribution in [2.45, 2.75) is 44.6 Å². The quantitative estimate of drug-likeness (QED) is 0.166. The van der Waals surface area contributed by atoms with Crippen LogP contribution in [0.4, 0.5) is 5.69 Å². The Hall–Kier alpha value is -5.70. The molecule has 0 bridgehead atoms. The third kappa shape index (κ3) is 5.05. The number of imide groups is 2.